The number of imidazole rings is 1. The van der Waals surface area contributed by atoms with Crippen LogP contribution in [0.25, 0.3) is 11.2 Å². The van der Waals surface area contributed by atoms with E-state index in [2.05, 4.69) is 15.0 Å². The minimum Gasteiger partial charge on any atom is -0.506 e. The Morgan fingerprint density at radius 2 is 2.27 bits per heavy atom. The van der Waals surface area contributed by atoms with Crippen LogP contribution >= 0.6 is 0 Å². The average molecular weight is 151 g/mol. The van der Waals surface area contributed by atoms with E-state index in [1.165, 1.54) is 12.3 Å². The predicted octanol–water partition coefficient (Wildman–Crippen LogP) is -0.0432. The lowest BCUT2D eigenvalue weighted by Crippen LogP contribution is -1.99. The molecule has 0 aliphatic heterocycles. The van der Waals surface area contributed by atoms with E-state index in [9.17, 15) is 4.79 Å². The number of pyridine rings is 1. The summed E-state index contributed by atoms with van der Waals surface area (Å²) in [5.41, 5.74) is 0.640. The molecule has 0 radical (unpaired) electrons. The normalized spacial score (nSPS) is 10.5. The first kappa shape index (κ1) is 5.96. The van der Waals surface area contributed by atoms with Crippen molar-refractivity contribution in [2.45, 2.75) is 0 Å². The molecule has 0 saturated carbocycles. The Balaban J connectivity index is 2.92. The summed E-state index contributed by atoms with van der Waals surface area (Å²) in [6.45, 7) is 0. The number of aromatic nitrogens is 3. The largest absolute Gasteiger partial charge is 0.506 e. The van der Waals surface area contributed by atoms with Gasteiger partial charge in [-0.2, -0.15) is 0 Å². The second-order valence-corrected chi connectivity index (χ2v) is 2.17. The first-order valence-electron chi connectivity index (χ1n) is 3.03. The maximum atomic E-state index is 10.7. The molecule has 0 fully saturated rings. The third-order valence-electron chi connectivity index (χ3n) is 1.35. The van der Waals surface area contributed by atoms with Crippen LogP contribution in [-0.2, 0) is 0 Å². The quantitative estimate of drug-likeness (QED) is 0.494. The lowest BCUT2D eigenvalue weighted by molar-refractivity contribution is 0.473. The van der Waals surface area contributed by atoms with Crippen LogP contribution in [0.1, 0.15) is 0 Å². The number of hydrogen-bond acceptors (Lipinski definition) is 3. The third kappa shape index (κ3) is 0.861. The summed E-state index contributed by atoms with van der Waals surface area (Å²) in [5, 5.41) is 8.94. The van der Waals surface area contributed by atoms with Crippen molar-refractivity contribution in [1.82, 2.24) is 15.0 Å². The zero-order valence-corrected chi connectivity index (χ0v) is 5.46. The molecule has 2 heterocycles. The highest BCUT2D eigenvalue weighted by Crippen LogP contribution is 2.10. The molecular weight excluding hydrogens is 146 g/mol. The molecule has 0 aromatic carbocycles. The number of H-pyrrole nitrogens is 2. The highest BCUT2D eigenvalue weighted by Gasteiger charge is 1.98. The molecule has 0 amide bonds. The van der Waals surface area contributed by atoms with Crippen LogP contribution in [0.3, 0.4) is 0 Å². The number of rotatable bonds is 0. The number of nitrogens with one attached hydrogen (secondary N) is 2. The van der Waals surface area contributed by atoms with Crippen molar-refractivity contribution in [2.75, 3.05) is 0 Å². The van der Waals surface area contributed by atoms with Crippen molar-refractivity contribution < 1.29 is 5.11 Å². The maximum absolute atomic E-state index is 10.7. The molecule has 2 aromatic heterocycles. The fourth-order valence-corrected chi connectivity index (χ4v) is 0.910. The summed E-state index contributed by atoms with van der Waals surface area (Å²) in [5.74, 6) is 0.0350. The Kier molecular flexibility index (Phi) is 1.00. The zero-order chi connectivity index (χ0) is 7.84. The minimum atomic E-state index is -0.321. The van der Waals surface area contributed by atoms with Gasteiger partial charge in [0.2, 0.25) is 0 Å². The van der Waals surface area contributed by atoms with Crippen LogP contribution in [0.5, 0.6) is 5.75 Å². The van der Waals surface area contributed by atoms with Crippen LogP contribution in [0.2, 0.25) is 0 Å². The fraction of sp³-hybridized carbons (Fsp3) is 0. The molecule has 0 bridgehead atoms. The Bertz CT molecular complexity index is 442. The Labute approximate surface area is 60.7 Å². The molecule has 0 atom stereocenters. The zero-order valence-electron chi connectivity index (χ0n) is 5.46. The lowest BCUT2D eigenvalue weighted by atomic mass is 10.4. The van der Waals surface area contributed by atoms with Gasteiger partial charge in [0.25, 0.3) is 0 Å². The SMILES string of the molecule is O=c1[nH]c2cc(O)cnc2[nH]1. The van der Waals surface area contributed by atoms with Gasteiger partial charge in [0.1, 0.15) is 5.75 Å². The van der Waals surface area contributed by atoms with Crippen molar-refractivity contribution in [1.29, 1.82) is 0 Å². The number of aromatic hydroxyl groups is 1. The van der Waals surface area contributed by atoms with E-state index in [1.54, 1.807) is 0 Å². The molecule has 56 valence electrons. The highest BCUT2D eigenvalue weighted by molar-refractivity contribution is 5.70. The smallest absolute Gasteiger partial charge is 0.325 e. The molecule has 0 unspecified atom stereocenters. The summed E-state index contributed by atoms with van der Waals surface area (Å²) in [6, 6.07) is 1.43. The van der Waals surface area contributed by atoms with Gasteiger partial charge in [-0.3, -0.25) is 4.98 Å². The average Bonchev–Trinajstić information content (AvgIpc) is 2.27. The van der Waals surface area contributed by atoms with Gasteiger partial charge in [-0.25, -0.2) is 9.78 Å². The molecule has 11 heavy (non-hydrogen) atoms. The second kappa shape index (κ2) is 1.85. The standard InChI is InChI=1S/C6H5N3O2/c10-3-1-4-5(7-2-3)9-6(11)8-4/h1-2,10H,(H2,7,8,9,11). The van der Waals surface area contributed by atoms with Gasteiger partial charge in [-0.05, 0) is 0 Å². The van der Waals surface area contributed by atoms with Gasteiger partial charge in [0.05, 0.1) is 11.7 Å². The van der Waals surface area contributed by atoms with E-state index >= 15 is 0 Å². The second-order valence-electron chi connectivity index (χ2n) is 2.17. The molecule has 5 heteroatoms. The van der Waals surface area contributed by atoms with Crippen LogP contribution < -0.4 is 5.69 Å². The maximum Gasteiger partial charge on any atom is 0.325 e. The number of aromatic amines is 2. The predicted molar refractivity (Wildman–Crippen MR) is 38.4 cm³/mol. The van der Waals surface area contributed by atoms with Crippen LogP contribution in [-0.4, -0.2) is 20.1 Å². The van der Waals surface area contributed by atoms with Crippen LogP contribution in [0.15, 0.2) is 17.1 Å². The van der Waals surface area contributed by atoms with E-state index in [-0.39, 0.29) is 11.4 Å². The first-order valence-corrected chi connectivity index (χ1v) is 3.03. The van der Waals surface area contributed by atoms with E-state index in [0.717, 1.165) is 0 Å². The lowest BCUT2D eigenvalue weighted by Gasteiger charge is -1.87. The minimum absolute atomic E-state index is 0.0350. The van der Waals surface area contributed by atoms with Crippen molar-refractivity contribution >= 4 is 11.2 Å². The molecule has 2 aromatic rings. The van der Waals surface area contributed by atoms with Crippen LogP contribution in [0.4, 0.5) is 0 Å². The van der Waals surface area contributed by atoms with E-state index in [0.29, 0.717) is 11.2 Å². The van der Waals surface area contributed by atoms with Gasteiger partial charge in [0, 0.05) is 6.07 Å². The number of hydrogen-bond donors (Lipinski definition) is 3. The highest BCUT2D eigenvalue weighted by atomic mass is 16.3. The number of fused-ring (bicyclic) bond motifs is 1. The first-order chi connectivity index (χ1) is 5.25. The molecule has 3 N–H and O–H groups in total. The summed E-state index contributed by atoms with van der Waals surface area (Å²) in [4.78, 5) is 19.4. The van der Waals surface area contributed by atoms with Crippen molar-refractivity contribution in [2.24, 2.45) is 0 Å². The molecule has 0 spiro atoms. The fourth-order valence-electron chi connectivity index (χ4n) is 0.910. The Hall–Kier alpha value is -1.78. The molecular formula is C6H5N3O2. The Morgan fingerprint density at radius 3 is 3.09 bits per heavy atom. The van der Waals surface area contributed by atoms with E-state index in [4.69, 9.17) is 5.11 Å². The van der Waals surface area contributed by atoms with Crippen molar-refractivity contribution in [3.05, 3.63) is 22.7 Å². The van der Waals surface area contributed by atoms with E-state index < -0.39 is 0 Å². The van der Waals surface area contributed by atoms with Gasteiger partial charge in [-0.15, -0.1) is 0 Å². The van der Waals surface area contributed by atoms with E-state index in [1.807, 2.05) is 0 Å². The van der Waals surface area contributed by atoms with Gasteiger partial charge in [0.15, 0.2) is 5.65 Å². The van der Waals surface area contributed by atoms with Crippen molar-refractivity contribution in [3.8, 4) is 5.75 Å². The molecule has 0 saturated heterocycles. The summed E-state index contributed by atoms with van der Waals surface area (Å²) >= 11 is 0. The topological polar surface area (TPSA) is 81.8 Å². The summed E-state index contributed by atoms with van der Waals surface area (Å²) in [6.07, 6.45) is 1.27. The van der Waals surface area contributed by atoms with Gasteiger partial charge >= 0.3 is 5.69 Å². The monoisotopic (exact) mass is 151 g/mol. The summed E-state index contributed by atoms with van der Waals surface area (Å²) < 4.78 is 0. The molecule has 0 aliphatic carbocycles. The van der Waals surface area contributed by atoms with Crippen molar-refractivity contribution in [3.63, 3.8) is 0 Å². The molecule has 0 aliphatic rings. The van der Waals surface area contributed by atoms with Gasteiger partial charge < -0.3 is 10.1 Å². The Morgan fingerprint density at radius 1 is 1.45 bits per heavy atom. The summed E-state index contributed by atoms with van der Waals surface area (Å²) in [7, 11) is 0. The molecule has 2 rings (SSSR count). The van der Waals surface area contributed by atoms with Gasteiger partial charge in [-0.1, -0.05) is 0 Å². The van der Waals surface area contributed by atoms with Crippen LogP contribution in [0, 0.1) is 0 Å². The number of nitrogens with zero attached hydrogens (tertiary/aromatic N) is 1. The third-order valence-corrected chi connectivity index (χ3v) is 1.35. The molecule has 5 nitrogen and oxygen atoms in total.